The van der Waals surface area contributed by atoms with Crippen molar-refractivity contribution in [2.45, 2.75) is 38.4 Å². The van der Waals surface area contributed by atoms with E-state index in [1.165, 1.54) is 4.57 Å². The molecule has 0 fully saturated rings. The summed E-state index contributed by atoms with van der Waals surface area (Å²) in [7, 11) is 3.09. The predicted octanol–water partition coefficient (Wildman–Crippen LogP) is 1.95. The second kappa shape index (κ2) is 7.13. The van der Waals surface area contributed by atoms with Crippen LogP contribution in [0.1, 0.15) is 41.9 Å². The zero-order chi connectivity index (χ0) is 22.8. The summed E-state index contributed by atoms with van der Waals surface area (Å²) in [5.41, 5.74) is 7.72. The number of aromatic nitrogens is 2. The number of nitrogens with zero attached hydrogens (tertiary/aromatic N) is 2. The van der Waals surface area contributed by atoms with E-state index >= 15 is 0 Å². The number of rotatable bonds is 4. The molecule has 0 saturated heterocycles. The average Bonchev–Trinajstić information content (AvgIpc) is 3.19. The number of benzene rings is 1. The fraction of sp³-hybridized carbons (Fsp3) is 0.348. The minimum absolute atomic E-state index is 0.0185. The van der Waals surface area contributed by atoms with Crippen LogP contribution in [0.3, 0.4) is 0 Å². The molecular formula is C23H23N3O6. The first-order valence-corrected chi connectivity index (χ1v) is 10.3. The Morgan fingerprint density at radius 2 is 1.97 bits per heavy atom. The minimum atomic E-state index is -1.99. The lowest BCUT2D eigenvalue weighted by Crippen LogP contribution is -2.45. The lowest BCUT2D eigenvalue weighted by molar-refractivity contribution is -0.172. The number of aliphatic hydroxyl groups is 1. The predicted molar refractivity (Wildman–Crippen MR) is 116 cm³/mol. The van der Waals surface area contributed by atoms with Gasteiger partial charge in [-0.15, -0.1) is 0 Å². The Labute approximate surface area is 183 Å². The van der Waals surface area contributed by atoms with Crippen molar-refractivity contribution in [3.05, 3.63) is 56.9 Å². The van der Waals surface area contributed by atoms with Gasteiger partial charge in [0, 0.05) is 36.3 Å². The molecular weight excluding hydrogens is 414 g/mol. The number of carbonyl (C=O) groups excluding carboxylic acids is 1. The lowest BCUT2D eigenvalue weighted by Gasteiger charge is -2.33. The van der Waals surface area contributed by atoms with E-state index in [1.807, 2.05) is 24.3 Å². The van der Waals surface area contributed by atoms with Crippen molar-refractivity contribution in [1.82, 2.24) is 9.55 Å². The SMILES string of the molecule is CCC1(O)C(=O)OCc2c1c(N)c1n(c2=O)Cc2c-1nc1ccccc1c2C(OC)OC. The van der Waals surface area contributed by atoms with Crippen LogP contribution in [0.2, 0.25) is 0 Å². The van der Waals surface area contributed by atoms with Crippen molar-refractivity contribution >= 4 is 22.6 Å². The molecule has 0 spiro atoms. The number of hydrogen-bond acceptors (Lipinski definition) is 8. The number of hydrogen-bond donors (Lipinski definition) is 2. The summed E-state index contributed by atoms with van der Waals surface area (Å²) in [4.78, 5) is 30.7. The van der Waals surface area contributed by atoms with Crippen LogP contribution < -0.4 is 11.3 Å². The number of nitrogen functional groups attached to an aromatic ring is 1. The molecule has 0 saturated carbocycles. The highest BCUT2D eigenvalue weighted by atomic mass is 16.7. The van der Waals surface area contributed by atoms with Gasteiger partial charge in [0.05, 0.1) is 34.7 Å². The summed E-state index contributed by atoms with van der Waals surface area (Å²) in [6.45, 7) is 1.60. The normalized spacial score (nSPS) is 19.1. The minimum Gasteiger partial charge on any atom is -0.458 e. The molecule has 166 valence electrons. The number of anilines is 1. The molecule has 1 unspecified atom stereocenters. The van der Waals surface area contributed by atoms with Crippen LogP contribution in [0.4, 0.5) is 5.69 Å². The third-order valence-electron chi connectivity index (χ3n) is 6.45. The van der Waals surface area contributed by atoms with Gasteiger partial charge >= 0.3 is 5.97 Å². The molecule has 0 bridgehead atoms. The van der Waals surface area contributed by atoms with Gasteiger partial charge in [0.1, 0.15) is 6.61 Å². The number of para-hydroxylation sites is 1. The monoisotopic (exact) mass is 437 g/mol. The van der Waals surface area contributed by atoms with Gasteiger partial charge in [0.25, 0.3) is 5.56 Å². The number of fused-ring (bicyclic) bond motifs is 5. The van der Waals surface area contributed by atoms with Gasteiger partial charge in [-0.1, -0.05) is 25.1 Å². The maximum atomic E-state index is 13.5. The van der Waals surface area contributed by atoms with Crippen LogP contribution in [0.15, 0.2) is 29.1 Å². The van der Waals surface area contributed by atoms with Gasteiger partial charge in [-0.05, 0) is 12.5 Å². The number of methoxy groups -OCH3 is 2. The molecule has 32 heavy (non-hydrogen) atoms. The highest BCUT2D eigenvalue weighted by molar-refractivity contribution is 5.93. The van der Waals surface area contributed by atoms with Crippen LogP contribution in [0.5, 0.6) is 0 Å². The van der Waals surface area contributed by atoms with Crippen molar-refractivity contribution in [3.8, 4) is 11.4 Å². The van der Waals surface area contributed by atoms with Crippen molar-refractivity contribution < 1.29 is 24.1 Å². The molecule has 0 radical (unpaired) electrons. The van der Waals surface area contributed by atoms with Gasteiger partial charge in [-0.2, -0.15) is 0 Å². The first-order chi connectivity index (χ1) is 15.4. The molecule has 0 aliphatic carbocycles. The first kappa shape index (κ1) is 20.6. The fourth-order valence-corrected chi connectivity index (χ4v) is 4.88. The number of cyclic esters (lactones) is 1. The molecule has 1 atom stereocenters. The van der Waals surface area contributed by atoms with E-state index in [0.717, 1.165) is 16.5 Å². The lowest BCUT2D eigenvalue weighted by atomic mass is 9.84. The molecule has 0 amide bonds. The molecule has 3 N–H and O–H groups in total. The Morgan fingerprint density at radius 3 is 2.66 bits per heavy atom. The summed E-state index contributed by atoms with van der Waals surface area (Å²) < 4.78 is 17.8. The molecule has 2 aromatic heterocycles. The van der Waals surface area contributed by atoms with E-state index in [1.54, 1.807) is 21.1 Å². The Hall–Kier alpha value is -3.27. The Balaban J connectivity index is 1.89. The summed E-state index contributed by atoms with van der Waals surface area (Å²) in [5, 5.41) is 12.0. The molecule has 3 aromatic rings. The van der Waals surface area contributed by atoms with Crippen LogP contribution in [-0.2, 0) is 37.8 Å². The van der Waals surface area contributed by atoms with E-state index in [2.05, 4.69) is 0 Å². The van der Waals surface area contributed by atoms with Crippen LogP contribution >= 0.6 is 0 Å². The molecule has 4 heterocycles. The van der Waals surface area contributed by atoms with E-state index in [0.29, 0.717) is 16.9 Å². The number of pyridine rings is 2. The van der Waals surface area contributed by atoms with Crippen molar-refractivity contribution in [2.75, 3.05) is 20.0 Å². The van der Waals surface area contributed by atoms with Crippen molar-refractivity contribution in [3.63, 3.8) is 0 Å². The molecule has 2 aliphatic heterocycles. The van der Waals surface area contributed by atoms with E-state index in [-0.39, 0.29) is 41.9 Å². The Bertz CT molecular complexity index is 1340. The topological polar surface area (TPSA) is 126 Å². The molecule has 1 aromatic carbocycles. The standard InChI is InChI=1S/C23H23N3O6/c1-4-23(29)16-13(10-32-22(23)28)20(27)26-9-12-15(21(30-2)31-3)11-7-5-6-8-14(11)25-18(12)19(26)17(16)24/h5-8,21,29H,4,9-10,24H2,1-3H3. The maximum Gasteiger partial charge on any atom is 0.343 e. The number of nitrogens with two attached hydrogens (primary N) is 1. The fourth-order valence-electron chi connectivity index (χ4n) is 4.88. The van der Waals surface area contributed by atoms with Gasteiger partial charge in [-0.3, -0.25) is 4.79 Å². The molecule has 9 nitrogen and oxygen atoms in total. The number of ether oxygens (including phenoxy) is 3. The maximum absolute atomic E-state index is 13.5. The second-order valence-corrected chi connectivity index (χ2v) is 7.97. The van der Waals surface area contributed by atoms with Crippen molar-refractivity contribution in [1.29, 1.82) is 0 Å². The Kier molecular flexibility index (Phi) is 4.59. The average molecular weight is 437 g/mol. The zero-order valence-electron chi connectivity index (χ0n) is 18.0. The first-order valence-electron chi connectivity index (χ1n) is 10.3. The molecule has 5 rings (SSSR count). The van der Waals surface area contributed by atoms with Gasteiger partial charge in [0.15, 0.2) is 11.9 Å². The third-order valence-corrected chi connectivity index (χ3v) is 6.45. The summed E-state index contributed by atoms with van der Waals surface area (Å²) in [6.07, 6.45) is -0.667. The zero-order valence-corrected chi connectivity index (χ0v) is 18.0. The van der Waals surface area contributed by atoms with Gasteiger partial charge in [-0.25, -0.2) is 9.78 Å². The Morgan fingerprint density at radius 1 is 1.25 bits per heavy atom. The third kappa shape index (κ3) is 2.52. The number of carbonyl (C=O) groups is 1. The largest absolute Gasteiger partial charge is 0.458 e. The number of esters is 1. The van der Waals surface area contributed by atoms with Crippen molar-refractivity contribution in [2.24, 2.45) is 0 Å². The van der Waals surface area contributed by atoms with Crippen LogP contribution in [-0.4, -0.2) is 34.8 Å². The second-order valence-electron chi connectivity index (χ2n) is 7.97. The molecule has 2 aliphatic rings. The highest BCUT2D eigenvalue weighted by Crippen LogP contribution is 2.46. The van der Waals surface area contributed by atoms with Gasteiger partial charge < -0.3 is 29.6 Å². The van der Waals surface area contributed by atoms with E-state index in [4.69, 9.17) is 24.9 Å². The summed E-state index contributed by atoms with van der Waals surface area (Å²) in [5.74, 6) is -0.812. The van der Waals surface area contributed by atoms with Crippen LogP contribution in [0, 0.1) is 0 Å². The smallest absolute Gasteiger partial charge is 0.343 e. The quantitative estimate of drug-likeness (QED) is 0.367. The van der Waals surface area contributed by atoms with E-state index in [9.17, 15) is 14.7 Å². The van der Waals surface area contributed by atoms with E-state index < -0.39 is 17.9 Å². The highest BCUT2D eigenvalue weighted by Gasteiger charge is 2.48. The summed E-state index contributed by atoms with van der Waals surface area (Å²) in [6, 6.07) is 7.54. The van der Waals surface area contributed by atoms with Gasteiger partial charge in [0.2, 0.25) is 0 Å². The molecule has 9 heteroatoms. The summed E-state index contributed by atoms with van der Waals surface area (Å²) >= 11 is 0. The van der Waals surface area contributed by atoms with Crippen LogP contribution in [0.25, 0.3) is 22.3 Å².